The van der Waals surface area contributed by atoms with Crippen LogP contribution in [-0.2, 0) is 4.79 Å². The molecule has 5 nitrogen and oxygen atoms in total. The molecule has 3 amide bonds. The number of carbonyl (C=O) groups excluding carboxylic acids is 3. The Morgan fingerprint density at radius 2 is 1.77 bits per heavy atom. The number of nitrogens with zero attached hydrogens (tertiary/aromatic N) is 2. The fraction of sp³-hybridized carbons (Fsp3) is 0.400. The second kappa shape index (κ2) is 6.42. The molecule has 0 spiro atoms. The minimum Gasteiger partial charge on any atom is -0.338 e. The molecule has 2 fully saturated rings. The van der Waals surface area contributed by atoms with E-state index in [4.69, 9.17) is 0 Å². The minimum atomic E-state index is -0.150. The van der Waals surface area contributed by atoms with Gasteiger partial charge in [0.15, 0.2) is 0 Å². The lowest BCUT2D eigenvalue weighted by Gasteiger charge is -2.35. The van der Waals surface area contributed by atoms with E-state index in [-0.39, 0.29) is 28.8 Å². The number of amides is 3. The molecule has 0 saturated carbocycles. The van der Waals surface area contributed by atoms with Crippen LogP contribution in [0, 0.1) is 0 Å². The first-order valence-corrected chi connectivity index (χ1v) is 8.88. The lowest BCUT2D eigenvalue weighted by molar-refractivity contribution is -0.126. The van der Waals surface area contributed by atoms with Crippen molar-refractivity contribution in [2.75, 3.05) is 18.8 Å². The fourth-order valence-corrected chi connectivity index (χ4v) is 3.86. The van der Waals surface area contributed by atoms with Crippen molar-refractivity contribution in [2.24, 2.45) is 0 Å². The maximum atomic E-state index is 12.4. The van der Waals surface area contributed by atoms with Crippen LogP contribution in [0.5, 0.6) is 0 Å². The van der Waals surface area contributed by atoms with Gasteiger partial charge in [-0.3, -0.25) is 19.3 Å². The molecule has 0 aromatic heterocycles. The highest BCUT2D eigenvalue weighted by Gasteiger charge is 2.37. The predicted molar refractivity (Wildman–Crippen MR) is 87.8 cm³/mol. The summed E-state index contributed by atoms with van der Waals surface area (Å²) in [4.78, 5) is 39.1. The van der Waals surface area contributed by atoms with Crippen molar-refractivity contribution in [2.45, 2.75) is 18.9 Å². The molecular formula is C15H15BrN2O3S. The number of likely N-dealkylation sites (tertiary alicyclic amines) is 1. The molecule has 0 N–H and O–H groups in total. The molecule has 2 aliphatic heterocycles. The van der Waals surface area contributed by atoms with E-state index in [0.717, 1.165) is 16.2 Å². The number of hydrogen-bond acceptors (Lipinski definition) is 4. The van der Waals surface area contributed by atoms with Crippen molar-refractivity contribution < 1.29 is 14.4 Å². The third-order valence-corrected chi connectivity index (χ3v) is 5.36. The number of benzene rings is 1. The molecule has 2 saturated heterocycles. The zero-order valence-corrected chi connectivity index (χ0v) is 14.2. The first-order chi connectivity index (χ1) is 10.6. The van der Waals surface area contributed by atoms with E-state index in [0.29, 0.717) is 31.5 Å². The van der Waals surface area contributed by atoms with E-state index in [2.05, 4.69) is 15.9 Å². The van der Waals surface area contributed by atoms with Crippen LogP contribution in [0.4, 0.5) is 4.79 Å². The van der Waals surface area contributed by atoms with Crippen molar-refractivity contribution in [3.8, 4) is 0 Å². The summed E-state index contributed by atoms with van der Waals surface area (Å²) in [6.45, 7) is 1.14. The number of halogens is 1. The van der Waals surface area contributed by atoms with Crippen molar-refractivity contribution >= 4 is 44.7 Å². The van der Waals surface area contributed by atoms with Gasteiger partial charge in [-0.1, -0.05) is 27.7 Å². The molecule has 22 heavy (non-hydrogen) atoms. The van der Waals surface area contributed by atoms with Gasteiger partial charge in [0.2, 0.25) is 5.91 Å². The Labute approximate surface area is 141 Å². The zero-order chi connectivity index (χ0) is 15.7. The summed E-state index contributed by atoms with van der Waals surface area (Å²) in [6.07, 6.45) is 1.31. The average Bonchev–Trinajstić information content (AvgIpc) is 2.86. The van der Waals surface area contributed by atoms with E-state index >= 15 is 0 Å². The highest BCUT2D eigenvalue weighted by Crippen LogP contribution is 2.27. The number of hydrogen-bond donors (Lipinski definition) is 0. The Bertz CT molecular complexity index is 596. The Morgan fingerprint density at radius 3 is 2.32 bits per heavy atom. The van der Waals surface area contributed by atoms with Gasteiger partial charge in [0.25, 0.3) is 11.1 Å². The highest BCUT2D eigenvalue weighted by atomic mass is 79.9. The van der Waals surface area contributed by atoms with Gasteiger partial charge in [-0.2, -0.15) is 0 Å². The van der Waals surface area contributed by atoms with E-state index < -0.39 is 0 Å². The Hall–Kier alpha value is -1.34. The largest absolute Gasteiger partial charge is 0.338 e. The number of imide groups is 1. The predicted octanol–water partition coefficient (Wildman–Crippen LogP) is 2.75. The van der Waals surface area contributed by atoms with Gasteiger partial charge in [-0.05, 0) is 37.1 Å². The summed E-state index contributed by atoms with van der Waals surface area (Å²) in [5, 5.41) is -0.150. The lowest BCUT2D eigenvalue weighted by atomic mass is 10.0. The molecule has 2 heterocycles. The molecule has 7 heteroatoms. The second-order valence-electron chi connectivity index (χ2n) is 5.35. The molecule has 1 aromatic rings. The van der Waals surface area contributed by atoms with E-state index in [1.807, 2.05) is 12.1 Å². The first-order valence-electron chi connectivity index (χ1n) is 7.10. The summed E-state index contributed by atoms with van der Waals surface area (Å²) >= 11 is 4.42. The quantitative estimate of drug-likeness (QED) is 0.788. The normalized spacial score (nSPS) is 19.9. The molecule has 0 atom stereocenters. The van der Waals surface area contributed by atoms with Gasteiger partial charge in [-0.15, -0.1) is 0 Å². The van der Waals surface area contributed by atoms with Crippen LogP contribution in [0.15, 0.2) is 28.7 Å². The van der Waals surface area contributed by atoms with Crippen LogP contribution in [0.2, 0.25) is 0 Å². The van der Waals surface area contributed by atoms with E-state index in [1.54, 1.807) is 17.0 Å². The Morgan fingerprint density at radius 1 is 1.14 bits per heavy atom. The van der Waals surface area contributed by atoms with Crippen LogP contribution < -0.4 is 0 Å². The summed E-state index contributed by atoms with van der Waals surface area (Å²) in [7, 11) is 0. The summed E-state index contributed by atoms with van der Waals surface area (Å²) in [5.41, 5.74) is 0.658. The van der Waals surface area contributed by atoms with E-state index in [9.17, 15) is 14.4 Å². The highest BCUT2D eigenvalue weighted by molar-refractivity contribution is 9.10. The van der Waals surface area contributed by atoms with Crippen LogP contribution >= 0.6 is 27.7 Å². The molecule has 116 valence electrons. The standard InChI is InChI=1S/C15H15BrN2O3S/c16-11-3-1-10(2-4-11)14(20)17-7-5-12(6-8-17)18-13(19)9-22-15(18)21/h1-4,12H,5-9H2. The molecule has 0 radical (unpaired) electrons. The van der Waals surface area contributed by atoms with Crippen LogP contribution in [-0.4, -0.2) is 51.7 Å². The van der Waals surface area contributed by atoms with Gasteiger partial charge in [0, 0.05) is 29.2 Å². The van der Waals surface area contributed by atoms with Crippen LogP contribution in [0.25, 0.3) is 0 Å². The fourth-order valence-electron chi connectivity index (χ4n) is 2.82. The van der Waals surface area contributed by atoms with Crippen molar-refractivity contribution in [3.63, 3.8) is 0 Å². The van der Waals surface area contributed by atoms with Crippen LogP contribution in [0.1, 0.15) is 23.2 Å². The Kier molecular flexibility index (Phi) is 4.54. The molecule has 0 bridgehead atoms. The van der Waals surface area contributed by atoms with Gasteiger partial charge in [0.05, 0.1) is 5.75 Å². The van der Waals surface area contributed by atoms with Gasteiger partial charge >= 0.3 is 0 Å². The smallest absolute Gasteiger partial charge is 0.289 e. The minimum absolute atomic E-state index is 0.000556. The number of thioether (sulfide) groups is 1. The van der Waals surface area contributed by atoms with Gasteiger partial charge in [-0.25, -0.2) is 0 Å². The zero-order valence-electron chi connectivity index (χ0n) is 11.8. The maximum Gasteiger partial charge on any atom is 0.289 e. The number of carbonyl (C=O) groups is 3. The Balaban J connectivity index is 1.62. The van der Waals surface area contributed by atoms with Crippen molar-refractivity contribution in [1.82, 2.24) is 9.80 Å². The molecule has 0 aliphatic carbocycles. The second-order valence-corrected chi connectivity index (χ2v) is 7.19. The van der Waals surface area contributed by atoms with Gasteiger partial charge < -0.3 is 4.90 Å². The van der Waals surface area contributed by atoms with E-state index in [1.165, 1.54) is 4.90 Å². The van der Waals surface area contributed by atoms with Crippen molar-refractivity contribution in [3.05, 3.63) is 34.3 Å². The molecule has 2 aliphatic rings. The van der Waals surface area contributed by atoms with Crippen molar-refractivity contribution in [1.29, 1.82) is 0 Å². The summed E-state index contributed by atoms with van der Waals surface area (Å²) < 4.78 is 0.936. The molecule has 0 unspecified atom stereocenters. The summed E-state index contributed by atoms with van der Waals surface area (Å²) in [6, 6.07) is 7.21. The summed E-state index contributed by atoms with van der Waals surface area (Å²) in [5.74, 6) is 0.142. The third-order valence-electron chi connectivity index (χ3n) is 3.99. The maximum absolute atomic E-state index is 12.4. The SMILES string of the molecule is O=C(c1ccc(Br)cc1)N1CCC(N2C(=O)CSC2=O)CC1. The monoisotopic (exact) mass is 382 g/mol. The topological polar surface area (TPSA) is 57.7 Å². The molecular weight excluding hydrogens is 368 g/mol. The number of piperidine rings is 1. The third kappa shape index (κ3) is 3.05. The van der Waals surface area contributed by atoms with Gasteiger partial charge in [0.1, 0.15) is 0 Å². The molecule has 1 aromatic carbocycles. The van der Waals surface area contributed by atoms with Crippen LogP contribution in [0.3, 0.4) is 0 Å². The number of rotatable bonds is 2. The molecule has 3 rings (SSSR count). The average molecular weight is 383 g/mol. The lowest BCUT2D eigenvalue weighted by Crippen LogP contribution is -2.48. The first kappa shape index (κ1) is 15.6.